The van der Waals surface area contributed by atoms with Crippen LogP contribution in [0.5, 0.6) is 0 Å². The summed E-state index contributed by atoms with van der Waals surface area (Å²) in [6.45, 7) is 3.42. The standard InChI is InChI=1S/C20H18F3N3O2S/c1-12-9-16(26-28-12)11-29-19-17(7-4-8-24-19)18(27)25-13(2)14-5-3-6-15(10-14)20(21,22)23/h3-10,13H,11H2,1-2H3,(H,25,27). The maximum atomic E-state index is 12.9. The Labute approximate surface area is 169 Å². The predicted octanol–water partition coefficient (Wildman–Crippen LogP) is 5.18. The molecule has 0 aliphatic rings. The van der Waals surface area contributed by atoms with Gasteiger partial charge in [0.25, 0.3) is 5.91 Å². The maximum absolute atomic E-state index is 12.9. The summed E-state index contributed by atoms with van der Waals surface area (Å²) in [7, 11) is 0. The number of benzene rings is 1. The number of thioether (sulfide) groups is 1. The molecule has 3 rings (SSSR count). The molecule has 1 atom stereocenters. The van der Waals surface area contributed by atoms with Crippen molar-refractivity contribution in [1.82, 2.24) is 15.5 Å². The number of aryl methyl sites for hydroxylation is 1. The lowest BCUT2D eigenvalue weighted by atomic mass is 10.0. The van der Waals surface area contributed by atoms with E-state index in [1.807, 2.05) is 0 Å². The second-order valence-corrected chi connectivity index (χ2v) is 7.36. The fraction of sp³-hybridized carbons (Fsp3) is 0.250. The monoisotopic (exact) mass is 421 g/mol. The smallest absolute Gasteiger partial charge is 0.361 e. The molecule has 29 heavy (non-hydrogen) atoms. The number of carbonyl (C=O) groups is 1. The van der Waals surface area contributed by atoms with Crippen LogP contribution >= 0.6 is 11.8 Å². The number of hydrogen-bond acceptors (Lipinski definition) is 5. The van der Waals surface area contributed by atoms with E-state index in [0.29, 0.717) is 27.7 Å². The lowest BCUT2D eigenvalue weighted by Gasteiger charge is -2.17. The number of nitrogens with one attached hydrogen (secondary N) is 1. The number of halogens is 3. The summed E-state index contributed by atoms with van der Waals surface area (Å²) in [6.07, 6.45) is -2.87. The molecule has 2 aromatic heterocycles. The molecule has 0 radical (unpaired) electrons. The Balaban J connectivity index is 1.72. The Kier molecular flexibility index (Phi) is 6.26. The Bertz CT molecular complexity index is 1000. The van der Waals surface area contributed by atoms with Crippen molar-refractivity contribution in [2.24, 2.45) is 0 Å². The second kappa shape index (κ2) is 8.69. The van der Waals surface area contributed by atoms with Gasteiger partial charge in [-0.1, -0.05) is 29.1 Å². The summed E-state index contributed by atoms with van der Waals surface area (Å²) in [4.78, 5) is 17.0. The van der Waals surface area contributed by atoms with Gasteiger partial charge in [-0.05, 0) is 43.7 Å². The van der Waals surface area contributed by atoms with Gasteiger partial charge < -0.3 is 9.84 Å². The first-order valence-electron chi connectivity index (χ1n) is 8.72. The van der Waals surface area contributed by atoms with E-state index in [1.165, 1.54) is 17.8 Å². The number of carbonyl (C=O) groups excluding carboxylic acids is 1. The van der Waals surface area contributed by atoms with Gasteiger partial charge in [0.05, 0.1) is 22.9 Å². The van der Waals surface area contributed by atoms with E-state index >= 15 is 0 Å². The summed E-state index contributed by atoms with van der Waals surface area (Å²) in [5.41, 5.74) is 0.680. The lowest BCUT2D eigenvalue weighted by molar-refractivity contribution is -0.137. The van der Waals surface area contributed by atoms with Gasteiger partial charge >= 0.3 is 6.18 Å². The minimum Gasteiger partial charge on any atom is -0.361 e. The topological polar surface area (TPSA) is 68.0 Å². The van der Waals surface area contributed by atoms with Crippen molar-refractivity contribution in [2.75, 3.05) is 0 Å². The van der Waals surface area contributed by atoms with Crippen molar-refractivity contribution in [2.45, 2.75) is 36.8 Å². The van der Waals surface area contributed by atoms with Crippen molar-refractivity contribution in [3.8, 4) is 0 Å². The summed E-state index contributed by atoms with van der Waals surface area (Å²) in [5.74, 6) is 0.744. The summed E-state index contributed by atoms with van der Waals surface area (Å²) in [5, 5.41) is 7.15. The molecule has 152 valence electrons. The van der Waals surface area contributed by atoms with Gasteiger partial charge in [0, 0.05) is 18.0 Å². The zero-order valence-electron chi connectivity index (χ0n) is 15.7. The first-order valence-corrected chi connectivity index (χ1v) is 9.70. The number of alkyl halides is 3. The number of pyridine rings is 1. The Morgan fingerprint density at radius 3 is 2.72 bits per heavy atom. The van der Waals surface area contributed by atoms with Crippen molar-refractivity contribution in [3.05, 3.63) is 76.8 Å². The largest absolute Gasteiger partial charge is 0.416 e. The van der Waals surface area contributed by atoms with Crippen molar-refractivity contribution in [1.29, 1.82) is 0 Å². The van der Waals surface area contributed by atoms with Crippen LogP contribution in [-0.4, -0.2) is 16.0 Å². The minimum atomic E-state index is -4.44. The van der Waals surface area contributed by atoms with E-state index in [9.17, 15) is 18.0 Å². The third-order valence-corrected chi connectivity index (χ3v) is 5.15. The first kappa shape index (κ1) is 20.9. The van der Waals surface area contributed by atoms with Crippen molar-refractivity contribution in [3.63, 3.8) is 0 Å². The second-order valence-electron chi connectivity index (χ2n) is 6.39. The van der Waals surface area contributed by atoms with Crippen LogP contribution in [0.25, 0.3) is 0 Å². The average molecular weight is 421 g/mol. The van der Waals surface area contributed by atoms with Crippen LogP contribution in [-0.2, 0) is 11.9 Å². The lowest BCUT2D eigenvalue weighted by Crippen LogP contribution is -2.27. The Morgan fingerprint density at radius 1 is 1.24 bits per heavy atom. The van der Waals surface area contributed by atoms with Gasteiger partial charge in [-0.25, -0.2) is 4.98 Å². The molecule has 0 aliphatic heterocycles. The van der Waals surface area contributed by atoms with E-state index in [4.69, 9.17) is 4.52 Å². The normalized spacial score (nSPS) is 12.6. The van der Waals surface area contributed by atoms with E-state index < -0.39 is 23.7 Å². The molecule has 9 heteroatoms. The van der Waals surface area contributed by atoms with Crippen LogP contribution in [0.1, 0.15) is 45.9 Å². The van der Waals surface area contributed by atoms with Crippen LogP contribution < -0.4 is 5.32 Å². The highest BCUT2D eigenvalue weighted by Crippen LogP contribution is 2.31. The van der Waals surface area contributed by atoms with Gasteiger partial charge in [0.1, 0.15) is 10.8 Å². The molecule has 2 heterocycles. The first-order chi connectivity index (χ1) is 13.7. The number of aromatic nitrogens is 2. The average Bonchev–Trinajstić information content (AvgIpc) is 3.11. The van der Waals surface area contributed by atoms with E-state index in [1.54, 1.807) is 44.3 Å². The third-order valence-electron chi connectivity index (χ3n) is 4.11. The molecule has 0 aliphatic carbocycles. The Hall–Kier alpha value is -2.81. The van der Waals surface area contributed by atoms with Crippen LogP contribution in [0.4, 0.5) is 13.2 Å². The van der Waals surface area contributed by atoms with Crippen LogP contribution in [0.2, 0.25) is 0 Å². The molecule has 5 nitrogen and oxygen atoms in total. The molecular weight excluding hydrogens is 403 g/mol. The fourth-order valence-corrected chi connectivity index (χ4v) is 3.52. The van der Waals surface area contributed by atoms with Gasteiger partial charge in [0.15, 0.2) is 0 Å². The van der Waals surface area contributed by atoms with E-state index in [2.05, 4.69) is 15.5 Å². The SMILES string of the molecule is Cc1cc(CSc2ncccc2C(=O)NC(C)c2cccc(C(F)(F)F)c2)no1. The highest BCUT2D eigenvalue weighted by atomic mass is 32.2. The quantitative estimate of drug-likeness (QED) is 0.556. The summed E-state index contributed by atoms with van der Waals surface area (Å²) >= 11 is 1.33. The molecule has 0 spiro atoms. The highest BCUT2D eigenvalue weighted by Gasteiger charge is 2.30. The molecule has 1 amide bonds. The number of nitrogens with zero attached hydrogens (tertiary/aromatic N) is 2. The molecule has 3 aromatic rings. The van der Waals surface area contributed by atoms with Crippen LogP contribution in [0, 0.1) is 6.92 Å². The van der Waals surface area contributed by atoms with Crippen molar-refractivity contribution < 1.29 is 22.5 Å². The van der Waals surface area contributed by atoms with Crippen LogP contribution in [0.15, 0.2) is 58.2 Å². The predicted molar refractivity (Wildman–Crippen MR) is 102 cm³/mol. The van der Waals surface area contributed by atoms with Gasteiger partial charge in [-0.15, -0.1) is 0 Å². The molecule has 1 aromatic carbocycles. The molecule has 1 unspecified atom stereocenters. The summed E-state index contributed by atoms with van der Waals surface area (Å²) in [6, 6.07) is 9.35. The van der Waals surface area contributed by atoms with Crippen molar-refractivity contribution >= 4 is 17.7 Å². The fourth-order valence-electron chi connectivity index (χ4n) is 2.65. The molecule has 0 fully saturated rings. The minimum absolute atomic E-state index is 0.344. The molecule has 0 saturated carbocycles. The number of hydrogen-bond donors (Lipinski definition) is 1. The molecular formula is C20H18F3N3O2S. The van der Waals surface area contributed by atoms with Gasteiger partial charge in [-0.3, -0.25) is 4.79 Å². The highest BCUT2D eigenvalue weighted by molar-refractivity contribution is 7.98. The zero-order valence-corrected chi connectivity index (χ0v) is 16.5. The third kappa shape index (κ3) is 5.38. The molecule has 1 N–H and O–H groups in total. The Morgan fingerprint density at radius 2 is 2.03 bits per heavy atom. The molecule has 0 bridgehead atoms. The van der Waals surface area contributed by atoms with Gasteiger partial charge in [0.2, 0.25) is 0 Å². The molecule has 0 saturated heterocycles. The maximum Gasteiger partial charge on any atom is 0.416 e. The summed E-state index contributed by atoms with van der Waals surface area (Å²) < 4.78 is 43.8. The van der Waals surface area contributed by atoms with Gasteiger partial charge in [-0.2, -0.15) is 13.2 Å². The van der Waals surface area contributed by atoms with E-state index in [0.717, 1.165) is 17.8 Å². The van der Waals surface area contributed by atoms with E-state index in [-0.39, 0.29) is 0 Å². The van der Waals surface area contributed by atoms with Crippen LogP contribution in [0.3, 0.4) is 0 Å². The zero-order chi connectivity index (χ0) is 21.0. The number of amides is 1. The number of rotatable bonds is 6.